The Morgan fingerprint density at radius 2 is 2.17 bits per heavy atom. The molecule has 1 unspecified atom stereocenters. The van der Waals surface area contributed by atoms with Gasteiger partial charge in [-0.2, -0.15) is 0 Å². The molecule has 5 nitrogen and oxygen atoms in total. The molecule has 0 spiro atoms. The lowest BCUT2D eigenvalue weighted by Gasteiger charge is -2.26. The van der Waals surface area contributed by atoms with Gasteiger partial charge >= 0.3 is 6.09 Å². The molecule has 1 rings (SSSR count). The molecular formula is C18H32N2O3. The first kappa shape index (κ1) is 19.6. The molecule has 0 saturated carbocycles. The van der Waals surface area contributed by atoms with Crippen LogP contribution in [0.3, 0.4) is 0 Å². The number of aryl methyl sites for hydroxylation is 1. The molecule has 1 aromatic rings. The number of furan rings is 1. The second-order valence-corrected chi connectivity index (χ2v) is 6.89. The Kier molecular flexibility index (Phi) is 8.17. The summed E-state index contributed by atoms with van der Waals surface area (Å²) in [5.41, 5.74) is -0.441. The monoisotopic (exact) mass is 324 g/mol. The zero-order chi connectivity index (χ0) is 17.3. The van der Waals surface area contributed by atoms with Gasteiger partial charge in [0.2, 0.25) is 0 Å². The third kappa shape index (κ3) is 8.65. The molecule has 1 amide bonds. The largest absolute Gasteiger partial charge is 0.469 e. The molecule has 0 saturated heterocycles. The van der Waals surface area contributed by atoms with Crippen molar-refractivity contribution in [3.05, 3.63) is 24.2 Å². The van der Waals surface area contributed by atoms with Gasteiger partial charge in [-0.1, -0.05) is 0 Å². The van der Waals surface area contributed by atoms with Gasteiger partial charge in [-0.25, -0.2) is 4.79 Å². The molecule has 5 heteroatoms. The smallest absolute Gasteiger partial charge is 0.410 e. The zero-order valence-electron chi connectivity index (χ0n) is 15.2. The number of hydrogen-bond donors (Lipinski definition) is 1. The summed E-state index contributed by atoms with van der Waals surface area (Å²) >= 11 is 0. The van der Waals surface area contributed by atoms with Gasteiger partial charge < -0.3 is 19.4 Å². The van der Waals surface area contributed by atoms with Crippen LogP contribution in [0.25, 0.3) is 0 Å². The molecule has 1 heterocycles. The molecule has 0 radical (unpaired) electrons. The first-order chi connectivity index (χ1) is 10.8. The van der Waals surface area contributed by atoms with Crippen LogP contribution in [0.2, 0.25) is 0 Å². The average molecular weight is 324 g/mol. The fourth-order valence-electron chi connectivity index (χ4n) is 2.24. The molecule has 0 bridgehead atoms. The summed E-state index contributed by atoms with van der Waals surface area (Å²) < 4.78 is 10.7. The van der Waals surface area contributed by atoms with Crippen molar-refractivity contribution in [3.8, 4) is 0 Å². The first-order valence-corrected chi connectivity index (χ1v) is 8.55. The van der Waals surface area contributed by atoms with E-state index >= 15 is 0 Å². The van der Waals surface area contributed by atoms with E-state index in [1.165, 1.54) is 0 Å². The highest BCUT2D eigenvalue weighted by Gasteiger charge is 2.20. The Balaban J connectivity index is 2.17. The standard InChI is InChI=1S/C18H32N2O3/c1-6-20(17(21)23-18(3,4)5)13-8-12-19-15(2)10-11-16-9-7-14-22-16/h7,9,14-15,19H,6,8,10-13H2,1-5H3. The second kappa shape index (κ2) is 9.60. The third-order valence-electron chi connectivity index (χ3n) is 3.53. The summed E-state index contributed by atoms with van der Waals surface area (Å²) in [4.78, 5) is 13.8. The van der Waals surface area contributed by atoms with Crippen LogP contribution in [0, 0.1) is 0 Å². The van der Waals surface area contributed by atoms with Crippen molar-refractivity contribution in [1.29, 1.82) is 0 Å². The van der Waals surface area contributed by atoms with Crippen molar-refractivity contribution in [2.75, 3.05) is 19.6 Å². The van der Waals surface area contributed by atoms with Gasteiger partial charge in [0.25, 0.3) is 0 Å². The number of amides is 1. The Morgan fingerprint density at radius 3 is 2.74 bits per heavy atom. The van der Waals surface area contributed by atoms with Crippen molar-refractivity contribution < 1.29 is 13.9 Å². The van der Waals surface area contributed by atoms with E-state index in [9.17, 15) is 4.79 Å². The Bertz CT molecular complexity index is 438. The van der Waals surface area contributed by atoms with E-state index in [4.69, 9.17) is 9.15 Å². The molecular weight excluding hydrogens is 292 g/mol. The van der Waals surface area contributed by atoms with Crippen LogP contribution in [-0.4, -0.2) is 42.3 Å². The first-order valence-electron chi connectivity index (χ1n) is 8.55. The topological polar surface area (TPSA) is 54.7 Å². The van der Waals surface area contributed by atoms with E-state index in [2.05, 4.69) is 12.2 Å². The van der Waals surface area contributed by atoms with E-state index in [-0.39, 0.29) is 6.09 Å². The summed E-state index contributed by atoms with van der Waals surface area (Å²) in [7, 11) is 0. The minimum absolute atomic E-state index is 0.231. The predicted octanol–water partition coefficient (Wildman–Crippen LogP) is 3.84. The van der Waals surface area contributed by atoms with Crippen LogP contribution < -0.4 is 5.32 Å². The Morgan fingerprint density at radius 1 is 1.43 bits per heavy atom. The Hall–Kier alpha value is -1.49. The molecule has 23 heavy (non-hydrogen) atoms. The quantitative estimate of drug-likeness (QED) is 0.701. The van der Waals surface area contributed by atoms with Crippen LogP contribution in [-0.2, 0) is 11.2 Å². The van der Waals surface area contributed by atoms with Crippen molar-refractivity contribution >= 4 is 6.09 Å². The van der Waals surface area contributed by atoms with Gasteiger partial charge in [-0.15, -0.1) is 0 Å². The molecule has 1 aromatic heterocycles. The normalized spacial score (nSPS) is 12.9. The van der Waals surface area contributed by atoms with Crippen LogP contribution in [0.1, 0.15) is 53.2 Å². The number of nitrogens with one attached hydrogen (secondary N) is 1. The van der Waals surface area contributed by atoms with E-state index in [1.54, 1.807) is 11.2 Å². The minimum Gasteiger partial charge on any atom is -0.469 e. The number of rotatable bonds is 9. The lowest BCUT2D eigenvalue weighted by atomic mass is 10.1. The molecule has 0 fully saturated rings. The number of nitrogens with zero attached hydrogens (tertiary/aromatic N) is 1. The van der Waals surface area contributed by atoms with E-state index in [1.807, 2.05) is 39.8 Å². The number of ether oxygens (including phenoxy) is 1. The summed E-state index contributed by atoms with van der Waals surface area (Å²) in [6.45, 7) is 12.1. The maximum Gasteiger partial charge on any atom is 0.410 e. The van der Waals surface area contributed by atoms with Crippen LogP contribution in [0.4, 0.5) is 4.79 Å². The predicted molar refractivity (Wildman–Crippen MR) is 92.6 cm³/mol. The summed E-state index contributed by atoms with van der Waals surface area (Å²) in [6, 6.07) is 4.35. The maximum atomic E-state index is 12.0. The lowest BCUT2D eigenvalue weighted by Crippen LogP contribution is -2.38. The average Bonchev–Trinajstić information content (AvgIpc) is 2.96. The fraction of sp³-hybridized carbons (Fsp3) is 0.722. The summed E-state index contributed by atoms with van der Waals surface area (Å²) in [5.74, 6) is 1.03. The number of carbonyl (C=O) groups is 1. The van der Waals surface area contributed by atoms with Gasteiger partial charge in [0, 0.05) is 25.6 Å². The summed E-state index contributed by atoms with van der Waals surface area (Å²) in [5, 5.41) is 3.49. The highest BCUT2D eigenvalue weighted by atomic mass is 16.6. The zero-order valence-corrected chi connectivity index (χ0v) is 15.2. The second-order valence-electron chi connectivity index (χ2n) is 6.89. The molecule has 132 valence electrons. The van der Waals surface area contributed by atoms with Gasteiger partial charge in [0.15, 0.2) is 0 Å². The minimum atomic E-state index is -0.441. The molecule has 0 aliphatic carbocycles. The van der Waals surface area contributed by atoms with Crippen molar-refractivity contribution in [2.45, 2.75) is 65.5 Å². The van der Waals surface area contributed by atoms with Crippen molar-refractivity contribution in [2.24, 2.45) is 0 Å². The fourth-order valence-corrected chi connectivity index (χ4v) is 2.24. The Labute approximate surface area is 140 Å². The highest BCUT2D eigenvalue weighted by molar-refractivity contribution is 5.68. The van der Waals surface area contributed by atoms with Crippen molar-refractivity contribution in [1.82, 2.24) is 10.2 Å². The van der Waals surface area contributed by atoms with Gasteiger partial charge in [0.1, 0.15) is 11.4 Å². The molecule has 1 atom stereocenters. The van der Waals surface area contributed by atoms with Gasteiger partial charge in [-0.05, 0) is 66.1 Å². The lowest BCUT2D eigenvalue weighted by molar-refractivity contribution is 0.0258. The summed E-state index contributed by atoms with van der Waals surface area (Å²) in [6.07, 6.45) is 4.38. The maximum absolute atomic E-state index is 12.0. The highest BCUT2D eigenvalue weighted by Crippen LogP contribution is 2.10. The van der Waals surface area contributed by atoms with Crippen molar-refractivity contribution in [3.63, 3.8) is 0 Å². The molecule has 0 aliphatic rings. The molecule has 0 aliphatic heterocycles. The van der Waals surface area contributed by atoms with E-state index in [0.29, 0.717) is 19.1 Å². The SMILES string of the molecule is CCN(CCCNC(C)CCc1ccco1)C(=O)OC(C)(C)C. The molecule has 0 aromatic carbocycles. The van der Waals surface area contributed by atoms with Crippen LogP contribution in [0.5, 0.6) is 0 Å². The van der Waals surface area contributed by atoms with Gasteiger partial charge in [0.05, 0.1) is 6.26 Å². The molecule has 1 N–H and O–H groups in total. The van der Waals surface area contributed by atoms with Crippen LogP contribution in [0.15, 0.2) is 22.8 Å². The number of carbonyl (C=O) groups excluding carboxylic acids is 1. The third-order valence-corrected chi connectivity index (χ3v) is 3.53. The van der Waals surface area contributed by atoms with E-state index < -0.39 is 5.60 Å². The van der Waals surface area contributed by atoms with Gasteiger partial charge in [-0.3, -0.25) is 0 Å². The van der Waals surface area contributed by atoms with E-state index in [0.717, 1.165) is 31.6 Å². The number of hydrogen-bond acceptors (Lipinski definition) is 4. The van der Waals surface area contributed by atoms with Crippen LogP contribution >= 0.6 is 0 Å².